The number of nitrogens with one attached hydrogen (secondary N) is 2. The minimum atomic E-state index is -2.88. The number of rotatable bonds is 7. The van der Waals surface area contributed by atoms with E-state index in [1.807, 2.05) is 12.1 Å². The minimum Gasteiger partial charge on any atom is -0.435 e. The Morgan fingerprint density at radius 3 is 2.28 bits per heavy atom. The van der Waals surface area contributed by atoms with Gasteiger partial charge in [-0.15, -0.1) is 0 Å². The molecular weight excluding hydrogens is 328 g/mol. The lowest BCUT2D eigenvalue weighted by molar-refractivity contribution is -0.116. The number of halogens is 2. The number of alkyl halides is 2. The number of carbonyl (C=O) groups is 1. The van der Waals surface area contributed by atoms with Crippen molar-refractivity contribution in [3.8, 4) is 11.8 Å². The molecule has 2 rings (SSSR count). The summed E-state index contributed by atoms with van der Waals surface area (Å²) < 4.78 is 28.4. The summed E-state index contributed by atoms with van der Waals surface area (Å²) in [5.74, 6) is -0.250. The number of nitrogens with zero attached hydrogens (tertiary/aromatic N) is 1. The summed E-state index contributed by atoms with van der Waals surface area (Å²) in [4.78, 5) is 12.2. The molecule has 0 fully saturated rings. The van der Waals surface area contributed by atoms with Crippen LogP contribution in [0.1, 0.15) is 12.5 Å². The Morgan fingerprint density at radius 1 is 1.12 bits per heavy atom. The fraction of sp³-hybridized carbons (Fsp3) is 0.222. The van der Waals surface area contributed by atoms with E-state index in [1.165, 1.54) is 24.3 Å². The third kappa shape index (κ3) is 5.77. The first-order chi connectivity index (χ1) is 12.0. The van der Waals surface area contributed by atoms with E-state index in [2.05, 4.69) is 21.4 Å². The van der Waals surface area contributed by atoms with Crippen molar-refractivity contribution in [1.29, 1.82) is 5.26 Å². The van der Waals surface area contributed by atoms with Gasteiger partial charge >= 0.3 is 6.61 Å². The molecule has 2 aromatic carbocycles. The van der Waals surface area contributed by atoms with E-state index in [4.69, 9.17) is 5.26 Å². The molecule has 1 atom stereocenters. The van der Waals surface area contributed by atoms with Crippen LogP contribution in [0.15, 0.2) is 48.5 Å². The first kappa shape index (κ1) is 18.2. The first-order valence-corrected chi connectivity index (χ1v) is 7.56. The molecule has 0 aromatic heterocycles. The molecule has 0 bridgehead atoms. The van der Waals surface area contributed by atoms with Crippen LogP contribution in [0, 0.1) is 11.3 Å². The highest BCUT2D eigenvalue weighted by Gasteiger charge is 2.13. The minimum absolute atomic E-state index is 0.0247. The number of amides is 1. The summed E-state index contributed by atoms with van der Waals surface area (Å²) in [6.45, 7) is -1.18. The van der Waals surface area contributed by atoms with Crippen LogP contribution in [0.25, 0.3) is 0 Å². The second kappa shape index (κ2) is 8.64. The molecule has 0 spiro atoms. The van der Waals surface area contributed by atoms with Gasteiger partial charge in [-0.1, -0.05) is 12.1 Å². The number of nitriles is 1. The average Bonchev–Trinajstić information content (AvgIpc) is 2.58. The lowest BCUT2D eigenvalue weighted by atomic mass is 10.1. The molecule has 1 amide bonds. The zero-order valence-corrected chi connectivity index (χ0v) is 13.5. The van der Waals surface area contributed by atoms with Gasteiger partial charge in [-0.25, -0.2) is 0 Å². The molecule has 0 unspecified atom stereocenters. The number of benzene rings is 2. The van der Waals surface area contributed by atoms with Gasteiger partial charge in [-0.3, -0.25) is 4.79 Å². The van der Waals surface area contributed by atoms with Crippen LogP contribution in [-0.4, -0.2) is 18.6 Å². The van der Waals surface area contributed by atoms with E-state index in [0.717, 1.165) is 11.3 Å². The normalized spacial score (nSPS) is 11.5. The van der Waals surface area contributed by atoms with E-state index >= 15 is 0 Å². The maximum Gasteiger partial charge on any atom is 0.387 e. The maximum absolute atomic E-state index is 12.2. The van der Waals surface area contributed by atoms with Crippen molar-refractivity contribution in [1.82, 2.24) is 0 Å². The Balaban J connectivity index is 1.90. The van der Waals surface area contributed by atoms with Crippen molar-refractivity contribution in [2.75, 3.05) is 10.6 Å². The van der Waals surface area contributed by atoms with E-state index in [0.29, 0.717) is 12.1 Å². The predicted molar refractivity (Wildman–Crippen MR) is 90.5 cm³/mol. The van der Waals surface area contributed by atoms with Crippen LogP contribution in [0.4, 0.5) is 20.2 Å². The average molecular weight is 345 g/mol. The molecular formula is C18H17F2N3O2. The molecule has 0 radical (unpaired) electrons. The third-order valence-electron chi connectivity index (χ3n) is 3.36. The van der Waals surface area contributed by atoms with Crippen molar-refractivity contribution in [2.45, 2.75) is 26.0 Å². The van der Waals surface area contributed by atoms with Crippen LogP contribution in [0.3, 0.4) is 0 Å². The molecule has 25 heavy (non-hydrogen) atoms. The summed E-state index contributed by atoms with van der Waals surface area (Å²) in [6, 6.07) is 14.5. The summed E-state index contributed by atoms with van der Waals surface area (Å²) in [7, 11) is 0. The second-order valence-corrected chi connectivity index (χ2v) is 5.29. The van der Waals surface area contributed by atoms with Crippen molar-refractivity contribution in [3.63, 3.8) is 0 Å². The van der Waals surface area contributed by atoms with Gasteiger partial charge in [0, 0.05) is 11.4 Å². The highest BCUT2D eigenvalue weighted by molar-refractivity contribution is 5.96. The zero-order valence-electron chi connectivity index (χ0n) is 13.5. The van der Waals surface area contributed by atoms with Crippen molar-refractivity contribution in [3.05, 3.63) is 54.1 Å². The Bertz CT molecular complexity index is 740. The standard InChI is InChI=1S/C18H17F2N3O2/c1-12(22-14-4-2-13(3-5-14)10-11-21)17(24)23-15-6-8-16(9-7-15)25-18(19)20/h2-9,12,18,22H,10H2,1H3,(H,23,24)/t12-/m1/s1. The SMILES string of the molecule is C[C@@H](Nc1ccc(CC#N)cc1)C(=O)Nc1ccc(OC(F)F)cc1. The molecule has 5 nitrogen and oxygen atoms in total. The Labute approximate surface area is 144 Å². The molecule has 2 aromatic rings. The molecule has 0 saturated heterocycles. The highest BCUT2D eigenvalue weighted by Crippen LogP contribution is 2.18. The first-order valence-electron chi connectivity index (χ1n) is 7.56. The van der Waals surface area contributed by atoms with Gasteiger partial charge in [-0.05, 0) is 48.9 Å². The second-order valence-electron chi connectivity index (χ2n) is 5.29. The number of hydrogen-bond donors (Lipinski definition) is 2. The summed E-state index contributed by atoms with van der Waals surface area (Å²) in [5.41, 5.74) is 2.13. The lowest BCUT2D eigenvalue weighted by Gasteiger charge is -2.15. The molecule has 7 heteroatoms. The van der Waals surface area contributed by atoms with Gasteiger partial charge in [0.2, 0.25) is 5.91 Å². The van der Waals surface area contributed by atoms with Gasteiger partial charge in [0.1, 0.15) is 11.8 Å². The quantitative estimate of drug-likeness (QED) is 0.801. The van der Waals surface area contributed by atoms with Gasteiger partial charge in [0.25, 0.3) is 0 Å². The number of carbonyl (C=O) groups excluding carboxylic acids is 1. The fourth-order valence-corrected chi connectivity index (χ4v) is 2.10. The highest BCUT2D eigenvalue weighted by atomic mass is 19.3. The summed E-state index contributed by atoms with van der Waals surface area (Å²) >= 11 is 0. The van der Waals surface area contributed by atoms with Crippen LogP contribution in [0.2, 0.25) is 0 Å². The molecule has 0 heterocycles. The van der Waals surface area contributed by atoms with E-state index in [1.54, 1.807) is 19.1 Å². The van der Waals surface area contributed by atoms with Gasteiger partial charge in [0.05, 0.1) is 12.5 Å². The monoisotopic (exact) mass is 345 g/mol. The topological polar surface area (TPSA) is 74.2 Å². The van der Waals surface area contributed by atoms with Crippen LogP contribution >= 0.6 is 0 Å². The lowest BCUT2D eigenvalue weighted by Crippen LogP contribution is -2.31. The number of anilines is 2. The number of ether oxygens (including phenoxy) is 1. The van der Waals surface area contributed by atoms with E-state index < -0.39 is 12.7 Å². The fourth-order valence-electron chi connectivity index (χ4n) is 2.10. The van der Waals surface area contributed by atoms with Crippen LogP contribution < -0.4 is 15.4 Å². The largest absolute Gasteiger partial charge is 0.435 e. The Kier molecular flexibility index (Phi) is 6.29. The van der Waals surface area contributed by atoms with E-state index in [-0.39, 0.29) is 11.7 Å². The van der Waals surface area contributed by atoms with Crippen molar-refractivity contribution in [2.24, 2.45) is 0 Å². The molecule has 0 aliphatic carbocycles. The maximum atomic E-state index is 12.2. The Morgan fingerprint density at radius 2 is 1.72 bits per heavy atom. The third-order valence-corrected chi connectivity index (χ3v) is 3.36. The molecule has 2 N–H and O–H groups in total. The van der Waals surface area contributed by atoms with Crippen LogP contribution in [-0.2, 0) is 11.2 Å². The van der Waals surface area contributed by atoms with Crippen molar-refractivity contribution >= 4 is 17.3 Å². The number of hydrogen-bond acceptors (Lipinski definition) is 4. The molecule has 0 aliphatic heterocycles. The summed E-state index contributed by atoms with van der Waals surface area (Å²) in [5, 5.41) is 14.4. The zero-order chi connectivity index (χ0) is 18.2. The molecule has 0 aliphatic rings. The van der Waals surface area contributed by atoms with E-state index in [9.17, 15) is 13.6 Å². The molecule has 130 valence electrons. The van der Waals surface area contributed by atoms with Gasteiger partial charge < -0.3 is 15.4 Å². The van der Waals surface area contributed by atoms with Gasteiger partial charge in [-0.2, -0.15) is 14.0 Å². The van der Waals surface area contributed by atoms with Crippen molar-refractivity contribution < 1.29 is 18.3 Å². The Hall–Kier alpha value is -3.14. The van der Waals surface area contributed by atoms with Crippen LogP contribution in [0.5, 0.6) is 5.75 Å². The van der Waals surface area contributed by atoms with Gasteiger partial charge in [0.15, 0.2) is 0 Å². The predicted octanol–water partition coefficient (Wildman–Crippen LogP) is 3.79. The molecule has 0 saturated carbocycles. The summed E-state index contributed by atoms with van der Waals surface area (Å²) in [6.07, 6.45) is 0.335. The smallest absolute Gasteiger partial charge is 0.387 e.